The number of rotatable bonds is 6. The minimum Gasteiger partial charge on any atom is -0.475 e. The number of ether oxygens (including phenoxy) is 3. The van der Waals surface area contributed by atoms with Crippen LogP contribution in [0.15, 0.2) is 18.3 Å². The number of nitrogens with zero attached hydrogens (tertiary/aromatic N) is 2. The summed E-state index contributed by atoms with van der Waals surface area (Å²) in [7, 11) is 1.62. The van der Waals surface area contributed by atoms with Crippen molar-refractivity contribution in [3.8, 4) is 5.88 Å². The Morgan fingerprint density at radius 2 is 2.36 bits per heavy atom. The van der Waals surface area contributed by atoms with E-state index in [0.29, 0.717) is 44.5 Å². The van der Waals surface area contributed by atoms with Gasteiger partial charge in [0.15, 0.2) is 0 Å². The number of hydrogen-bond donors (Lipinski definition) is 1. The second-order valence-electron chi connectivity index (χ2n) is 5.00. The Hall–Kier alpha value is -1.86. The number of anilines is 1. The molecule has 1 saturated heterocycles. The molecule has 1 atom stereocenters. The molecule has 22 heavy (non-hydrogen) atoms. The van der Waals surface area contributed by atoms with Gasteiger partial charge in [-0.3, -0.25) is 0 Å². The smallest absolute Gasteiger partial charge is 0.322 e. The van der Waals surface area contributed by atoms with Gasteiger partial charge < -0.3 is 24.4 Å². The fraction of sp³-hybridized carbons (Fsp3) is 0.600. The number of methoxy groups -OCH3 is 1. The summed E-state index contributed by atoms with van der Waals surface area (Å²) in [6.07, 6.45) is 2.60. The molecule has 7 heteroatoms. The molecule has 2 amide bonds. The number of carbonyl (C=O) groups excluding carboxylic acids is 1. The summed E-state index contributed by atoms with van der Waals surface area (Å²) in [6.45, 7) is 4.81. The first-order chi connectivity index (χ1) is 10.7. The van der Waals surface area contributed by atoms with Crippen LogP contribution in [0, 0.1) is 0 Å². The van der Waals surface area contributed by atoms with E-state index < -0.39 is 0 Å². The first kappa shape index (κ1) is 16.5. The maximum Gasteiger partial charge on any atom is 0.322 e. The van der Waals surface area contributed by atoms with Crippen molar-refractivity contribution in [1.29, 1.82) is 0 Å². The molecule has 122 valence electrons. The molecule has 1 aromatic rings. The highest BCUT2D eigenvalue weighted by molar-refractivity contribution is 5.89. The summed E-state index contributed by atoms with van der Waals surface area (Å²) in [5, 5.41) is 2.84. The predicted octanol–water partition coefficient (Wildman–Crippen LogP) is 1.75. The normalized spacial score (nSPS) is 18.1. The lowest BCUT2D eigenvalue weighted by Crippen LogP contribution is -2.47. The van der Waals surface area contributed by atoms with Crippen LogP contribution in [0.25, 0.3) is 0 Å². The van der Waals surface area contributed by atoms with Crippen LogP contribution in [0.4, 0.5) is 10.5 Å². The highest BCUT2D eigenvalue weighted by atomic mass is 16.5. The van der Waals surface area contributed by atoms with Gasteiger partial charge in [0.1, 0.15) is 6.61 Å². The fourth-order valence-corrected chi connectivity index (χ4v) is 2.12. The minimum absolute atomic E-state index is 0.120. The Morgan fingerprint density at radius 3 is 3.05 bits per heavy atom. The van der Waals surface area contributed by atoms with E-state index in [1.807, 2.05) is 0 Å². The number of carbonyl (C=O) groups is 1. The lowest BCUT2D eigenvalue weighted by atomic mass is 10.2. The molecule has 0 aromatic carbocycles. The molecule has 0 unspecified atom stereocenters. The summed E-state index contributed by atoms with van der Waals surface area (Å²) in [4.78, 5) is 18.1. The molecule has 1 aliphatic rings. The van der Waals surface area contributed by atoms with E-state index in [2.05, 4.69) is 17.2 Å². The van der Waals surface area contributed by atoms with Gasteiger partial charge in [-0.05, 0) is 12.5 Å². The van der Waals surface area contributed by atoms with Gasteiger partial charge in [-0.2, -0.15) is 0 Å². The van der Waals surface area contributed by atoms with E-state index in [9.17, 15) is 4.79 Å². The van der Waals surface area contributed by atoms with Crippen molar-refractivity contribution in [1.82, 2.24) is 9.88 Å². The Balaban J connectivity index is 1.83. The van der Waals surface area contributed by atoms with Crippen molar-refractivity contribution in [2.24, 2.45) is 0 Å². The Morgan fingerprint density at radius 1 is 1.50 bits per heavy atom. The average molecular weight is 309 g/mol. The molecule has 1 N–H and O–H groups in total. The van der Waals surface area contributed by atoms with Crippen LogP contribution in [-0.4, -0.2) is 62.0 Å². The molecule has 2 heterocycles. The maximum absolute atomic E-state index is 12.2. The number of pyridine rings is 1. The van der Waals surface area contributed by atoms with E-state index in [4.69, 9.17) is 14.2 Å². The number of morpholine rings is 1. The average Bonchev–Trinajstić information content (AvgIpc) is 2.56. The number of amides is 2. The van der Waals surface area contributed by atoms with Gasteiger partial charge in [0.25, 0.3) is 0 Å². The Bertz CT molecular complexity index is 466. The van der Waals surface area contributed by atoms with Crippen molar-refractivity contribution in [2.75, 3.05) is 45.3 Å². The van der Waals surface area contributed by atoms with Gasteiger partial charge in [0.05, 0.1) is 31.2 Å². The Labute approximate surface area is 130 Å². The number of hydrogen-bond acceptors (Lipinski definition) is 5. The highest BCUT2D eigenvalue weighted by Gasteiger charge is 2.23. The molecule has 0 radical (unpaired) electrons. The molecule has 1 fully saturated rings. The van der Waals surface area contributed by atoms with Gasteiger partial charge in [-0.25, -0.2) is 9.78 Å². The van der Waals surface area contributed by atoms with E-state index in [-0.39, 0.29) is 12.1 Å². The third-order valence-corrected chi connectivity index (χ3v) is 3.41. The Kier molecular flexibility index (Phi) is 6.42. The second-order valence-corrected chi connectivity index (χ2v) is 5.00. The van der Waals surface area contributed by atoms with E-state index in [1.165, 1.54) is 0 Å². The van der Waals surface area contributed by atoms with E-state index in [1.54, 1.807) is 30.3 Å². The second kappa shape index (κ2) is 8.55. The number of nitrogens with one attached hydrogen (secondary N) is 1. The predicted molar refractivity (Wildman–Crippen MR) is 82.2 cm³/mol. The molecule has 0 spiro atoms. The third-order valence-electron chi connectivity index (χ3n) is 3.41. The van der Waals surface area contributed by atoms with Crippen LogP contribution in [0.2, 0.25) is 0 Å². The van der Waals surface area contributed by atoms with Crippen molar-refractivity contribution in [3.63, 3.8) is 0 Å². The fourth-order valence-electron chi connectivity index (χ4n) is 2.12. The summed E-state index contributed by atoms with van der Waals surface area (Å²) >= 11 is 0. The molecule has 7 nitrogen and oxygen atoms in total. The molecule has 1 aliphatic heterocycles. The molecule has 2 rings (SSSR count). The van der Waals surface area contributed by atoms with Crippen molar-refractivity contribution < 1.29 is 19.0 Å². The standard InChI is InChI=1S/C15H23N3O4/c1-3-13-11-18(6-7-21-13)15(19)17-12-4-5-14(16-10-12)22-9-8-20-2/h4-5,10,13H,3,6-9,11H2,1-2H3,(H,17,19)/t13-/m1/s1. The van der Waals surface area contributed by atoms with Gasteiger partial charge >= 0.3 is 6.03 Å². The van der Waals surface area contributed by atoms with E-state index in [0.717, 1.165) is 6.42 Å². The van der Waals surface area contributed by atoms with Gasteiger partial charge in [-0.1, -0.05) is 6.92 Å². The number of aromatic nitrogens is 1. The van der Waals surface area contributed by atoms with Crippen LogP contribution >= 0.6 is 0 Å². The van der Waals surface area contributed by atoms with Crippen LogP contribution in [0.5, 0.6) is 5.88 Å². The zero-order valence-electron chi connectivity index (χ0n) is 13.1. The maximum atomic E-state index is 12.2. The number of urea groups is 1. The van der Waals surface area contributed by atoms with Crippen LogP contribution in [0.1, 0.15) is 13.3 Å². The largest absolute Gasteiger partial charge is 0.475 e. The summed E-state index contributed by atoms with van der Waals surface area (Å²) < 4.78 is 15.8. The van der Waals surface area contributed by atoms with E-state index >= 15 is 0 Å². The summed E-state index contributed by atoms with van der Waals surface area (Å²) in [5.41, 5.74) is 0.642. The first-order valence-electron chi connectivity index (χ1n) is 7.48. The van der Waals surface area contributed by atoms with Gasteiger partial charge in [-0.15, -0.1) is 0 Å². The SMILES string of the molecule is CC[C@@H]1CN(C(=O)Nc2ccc(OCCOC)nc2)CCO1. The lowest BCUT2D eigenvalue weighted by Gasteiger charge is -2.32. The lowest BCUT2D eigenvalue weighted by molar-refractivity contribution is -0.0134. The molecule has 0 saturated carbocycles. The van der Waals surface area contributed by atoms with Crippen molar-refractivity contribution in [3.05, 3.63) is 18.3 Å². The quantitative estimate of drug-likeness (QED) is 0.811. The zero-order valence-corrected chi connectivity index (χ0v) is 13.1. The first-order valence-corrected chi connectivity index (χ1v) is 7.48. The molecular formula is C15H23N3O4. The van der Waals surface area contributed by atoms with Crippen molar-refractivity contribution in [2.45, 2.75) is 19.4 Å². The van der Waals surface area contributed by atoms with Crippen LogP contribution < -0.4 is 10.1 Å². The van der Waals surface area contributed by atoms with Crippen LogP contribution in [0.3, 0.4) is 0 Å². The van der Waals surface area contributed by atoms with Crippen molar-refractivity contribution >= 4 is 11.7 Å². The molecule has 1 aromatic heterocycles. The molecule has 0 aliphatic carbocycles. The minimum atomic E-state index is -0.128. The highest BCUT2D eigenvalue weighted by Crippen LogP contribution is 2.14. The topological polar surface area (TPSA) is 72.9 Å². The molecule has 0 bridgehead atoms. The summed E-state index contributed by atoms with van der Waals surface area (Å²) in [6, 6.07) is 3.36. The van der Waals surface area contributed by atoms with Gasteiger partial charge in [0.2, 0.25) is 5.88 Å². The third kappa shape index (κ3) is 4.85. The molecular weight excluding hydrogens is 286 g/mol. The summed E-state index contributed by atoms with van der Waals surface area (Å²) in [5.74, 6) is 0.507. The van der Waals surface area contributed by atoms with Gasteiger partial charge in [0, 0.05) is 26.3 Å². The monoisotopic (exact) mass is 309 g/mol. The zero-order chi connectivity index (χ0) is 15.8. The van der Waals surface area contributed by atoms with Crippen LogP contribution in [-0.2, 0) is 9.47 Å².